The Morgan fingerprint density at radius 1 is 1.15 bits per heavy atom. The Morgan fingerprint density at radius 2 is 2.00 bits per heavy atom. The fourth-order valence-electron chi connectivity index (χ4n) is 4.39. The zero-order valence-corrected chi connectivity index (χ0v) is 19.0. The molecule has 8 heteroatoms. The van der Waals surface area contributed by atoms with Gasteiger partial charge in [0, 0.05) is 41.6 Å². The number of fused-ring (bicyclic) bond motifs is 1. The highest BCUT2D eigenvalue weighted by molar-refractivity contribution is 6.30. The molecule has 0 bridgehead atoms. The summed E-state index contributed by atoms with van der Waals surface area (Å²) in [4.78, 5) is 19.5. The van der Waals surface area contributed by atoms with Gasteiger partial charge in [-0.3, -0.25) is 9.89 Å². The summed E-state index contributed by atoms with van der Waals surface area (Å²) >= 11 is 6.10. The zero-order chi connectivity index (χ0) is 22.8. The first-order chi connectivity index (χ1) is 16.2. The molecule has 168 valence electrons. The second-order valence-corrected chi connectivity index (χ2v) is 8.36. The molecular weight excluding hydrogens is 438 g/mol. The van der Waals surface area contributed by atoms with Gasteiger partial charge in [0.2, 0.25) is 0 Å². The zero-order valence-electron chi connectivity index (χ0n) is 18.2. The fourth-order valence-corrected chi connectivity index (χ4v) is 4.51. The number of carbonyl (C=O) groups is 1. The lowest BCUT2D eigenvalue weighted by Crippen LogP contribution is -2.31. The number of hydrogen-bond acceptors (Lipinski definition) is 4. The standard InChI is InChI=1S/C25H24ClN5O2/c1-2-33-20-6-3-5-18(15-20)24-21-22(17-7-9-19(26)10-8-17)28-29-23(21)25(32)31(24)13-4-12-30-14-11-27-16-30/h3,5-11,14-16,24H,2,4,12-13H2,1H3,(H,28,29). The second-order valence-electron chi connectivity index (χ2n) is 7.93. The topological polar surface area (TPSA) is 76.0 Å². The smallest absolute Gasteiger partial charge is 0.273 e. The van der Waals surface area contributed by atoms with Crippen LogP contribution in [0.3, 0.4) is 0 Å². The Hall–Kier alpha value is -3.58. The third-order valence-corrected chi connectivity index (χ3v) is 6.09. The fraction of sp³-hybridized carbons (Fsp3) is 0.240. The predicted molar refractivity (Wildman–Crippen MR) is 126 cm³/mol. The summed E-state index contributed by atoms with van der Waals surface area (Å²) < 4.78 is 7.76. The van der Waals surface area contributed by atoms with Crippen molar-refractivity contribution in [2.24, 2.45) is 0 Å². The largest absolute Gasteiger partial charge is 0.494 e. The molecule has 0 saturated carbocycles. The third kappa shape index (κ3) is 4.12. The molecule has 1 amide bonds. The van der Waals surface area contributed by atoms with Crippen LogP contribution in [0.25, 0.3) is 11.3 Å². The van der Waals surface area contributed by atoms with Crippen molar-refractivity contribution in [2.45, 2.75) is 25.9 Å². The highest BCUT2D eigenvalue weighted by Gasteiger charge is 2.42. The average molecular weight is 462 g/mol. The van der Waals surface area contributed by atoms with E-state index in [-0.39, 0.29) is 11.9 Å². The van der Waals surface area contributed by atoms with E-state index in [4.69, 9.17) is 16.3 Å². The van der Waals surface area contributed by atoms with E-state index in [1.54, 1.807) is 12.5 Å². The number of benzene rings is 2. The molecular formula is C25H24ClN5O2. The molecule has 0 fully saturated rings. The lowest BCUT2D eigenvalue weighted by molar-refractivity contribution is 0.0739. The minimum Gasteiger partial charge on any atom is -0.494 e. The van der Waals surface area contributed by atoms with Crippen LogP contribution in [0.5, 0.6) is 5.75 Å². The number of rotatable bonds is 8. The Balaban J connectivity index is 1.53. The highest BCUT2D eigenvalue weighted by Crippen LogP contribution is 2.43. The molecule has 4 aromatic rings. The van der Waals surface area contributed by atoms with Crippen molar-refractivity contribution >= 4 is 17.5 Å². The summed E-state index contributed by atoms with van der Waals surface area (Å²) in [6.07, 6.45) is 6.29. The molecule has 5 rings (SSSR count). The van der Waals surface area contributed by atoms with Crippen molar-refractivity contribution in [3.8, 4) is 17.0 Å². The number of aryl methyl sites for hydroxylation is 1. The van der Waals surface area contributed by atoms with Crippen LogP contribution < -0.4 is 4.74 Å². The first-order valence-corrected chi connectivity index (χ1v) is 11.4. The van der Waals surface area contributed by atoms with Gasteiger partial charge < -0.3 is 14.2 Å². The number of H-pyrrole nitrogens is 1. The normalized spacial score (nSPS) is 15.2. The van der Waals surface area contributed by atoms with E-state index < -0.39 is 0 Å². The Morgan fingerprint density at radius 3 is 2.76 bits per heavy atom. The van der Waals surface area contributed by atoms with Gasteiger partial charge in [0.05, 0.1) is 24.7 Å². The molecule has 1 aliphatic rings. The molecule has 1 aliphatic heterocycles. The molecule has 1 atom stereocenters. The monoisotopic (exact) mass is 461 g/mol. The van der Waals surface area contributed by atoms with Crippen LogP contribution >= 0.6 is 11.6 Å². The molecule has 0 radical (unpaired) electrons. The molecule has 2 aromatic heterocycles. The number of nitrogens with one attached hydrogen (secondary N) is 1. The number of amides is 1. The minimum atomic E-state index is -0.264. The van der Waals surface area contributed by atoms with Gasteiger partial charge in [0.25, 0.3) is 5.91 Å². The molecule has 2 aromatic carbocycles. The van der Waals surface area contributed by atoms with Gasteiger partial charge >= 0.3 is 0 Å². The number of ether oxygens (including phenoxy) is 1. The average Bonchev–Trinajstić information content (AvgIpc) is 3.54. The van der Waals surface area contributed by atoms with Gasteiger partial charge in [0.15, 0.2) is 0 Å². The van der Waals surface area contributed by atoms with Gasteiger partial charge in [-0.25, -0.2) is 4.98 Å². The third-order valence-electron chi connectivity index (χ3n) is 5.84. The SMILES string of the molecule is CCOc1cccc(C2c3c(-c4ccc(Cl)cc4)n[nH]c3C(=O)N2CCCn2ccnc2)c1. The molecule has 1 N–H and O–H groups in total. The number of aromatic amines is 1. The van der Waals surface area contributed by atoms with E-state index in [0.717, 1.165) is 41.1 Å². The van der Waals surface area contributed by atoms with E-state index in [1.165, 1.54) is 0 Å². The second kappa shape index (κ2) is 9.11. The van der Waals surface area contributed by atoms with Crippen molar-refractivity contribution in [1.29, 1.82) is 0 Å². The Bertz CT molecular complexity index is 1250. The summed E-state index contributed by atoms with van der Waals surface area (Å²) in [5.41, 5.74) is 4.09. The first kappa shape index (κ1) is 21.3. The van der Waals surface area contributed by atoms with Crippen molar-refractivity contribution in [2.75, 3.05) is 13.2 Å². The van der Waals surface area contributed by atoms with Gasteiger partial charge in [0.1, 0.15) is 11.4 Å². The van der Waals surface area contributed by atoms with Crippen LogP contribution in [0.1, 0.15) is 41.0 Å². The number of carbonyl (C=O) groups excluding carboxylic acids is 1. The van der Waals surface area contributed by atoms with Crippen molar-refractivity contribution in [3.63, 3.8) is 0 Å². The summed E-state index contributed by atoms with van der Waals surface area (Å²) in [5.74, 6) is 0.737. The number of imidazole rings is 1. The summed E-state index contributed by atoms with van der Waals surface area (Å²) in [6.45, 7) is 3.92. The minimum absolute atomic E-state index is 0.0462. The van der Waals surface area contributed by atoms with Gasteiger partial charge in [-0.05, 0) is 43.2 Å². The van der Waals surface area contributed by atoms with Crippen LogP contribution in [-0.2, 0) is 6.54 Å². The van der Waals surface area contributed by atoms with Gasteiger partial charge in [-0.15, -0.1) is 0 Å². The van der Waals surface area contributed by atoms with Crippen molar-refractivity contribution in [3.05, 3.63) is 89.1 Å². The van der Waals surface area contributed by atoms with Crippen LogP contribution in [0, 0.1) is 0 Å². The molecule has 0 saturated heterocycles. The summed E-state index contributed by atoms with van der Waals surface area (Å²) in [5, 5.41) is 8.18. The number of aromatic nitrogens is 4. The molecule has 0 aliphatic carbocycles. The van der Waals surface area contributed by atoms with Crippen LogP contribution in [0.2, 0.25) is 5.02 Å². The van der Waals surface area contributed by atoms with Crippen molar-refractivity contribution in [1.82, 2.24) is 24.6 Å². The molecule has 0 spiro atoms. The maximum absolute atomic E-state index is 13.5. The van der Waals surface area contributed by atoms with E-state index in [1.807, 2.05) is 71.1 Å². The summed E-state index contributed by atoms with van der Waals surface area (Å²) in [7, 11) is 0. The van der Waals surface area contributed by atoms with Crippen molar-refractivity contribution < 1.29 is 9.53 Å². The Kier molecular flexibility index (Phi) is 5.88. The van der Waals surface area contributed by atoms with E-state index >= 15 is 0 Å². The van der Waals surface area contributed by atoms with Gasteiger partial charge in [-0.1, -0.05) is 35.9 Å². The molecule has 33 heavy (non-hydrogen) atoms. The van der Waals surface area contributed by atoms with Gasteiger partial charge in [-0.2, -0.15) is 5.10 Å². The first-order valence-electron chi connectivity index (χ1n) is 11.0. The quantitative estimate of drug-likeness (QED) is 0.402. The van der Waals surface area contributed by atoms with E-state index in [2.05, 4.69) is 15.2 Å². The predicted octanol–water partition coefficient (Wildman–Crippen LogP) is 4.96. The lowest BCUT2D eigenvalue weighted by atomic mass is 9.96. The van der Waals surface area contributed by atoms with E-state index in [0.29, 0.717) is 23.9 Å². The molecule has 1 unspecified atom stereocenters. The van der Waals surface area contributed by atoms with Crippen LogP contribution in [0.4, 0.5) is 0 Å². The maximum Gasteiger partial charge on any atom is 0.273 e. The maximum atomic E-state index is 13.5. The molecule has 7 nitrogen and oxygen atoms in total. The van der Waals surface area contributed by atoms with E-state index in [9.17, 15) is 4.79 Å². The lowest BCUT2D eigenvalue weighted by Gasteiger charge is -2.27. The highest BCUT2D eigenvalue weighted by atomic mass is 35.5. The Labute approximate surface area is 197 Å². The summed E-state index contributed by atoms with van der Waals surface area (Å²) in [6, 6.07) is 15.2. The molecule has 3 heterocycles. The number of halogens is 1. The number of nitrogens with zero attached hydrogens (tertiary/aromatic N) is 4. The number of hydrogen-bond donors (Lipinski definition) is 1. The van der Waals surface area contributed by atoms with Crippen LogP contribution in [-0.4, -0.2) is 43.7 Å². The van der Waals surface area contributed by atoms with Crippen LogP contribution in [0.15, 0.2) is 67.3 Å².